The van der Waals surface area contributed by atoms with Crippen LogP contribution in [0, 0.1) is 35.5 Å². The lowest BCUT2D eigenvalue weighted by atomic mass is 9.56. The van der Waals surface area contributed by atoms with Gasteiger partial charge in [0.05, 0.1) is 0 Å². The first-order valence-corrected chi connectivity index (χ1v) is 5.76. The van der Waals surface area contributed by atoms with Gasteiger partial charge in [0.15, 0.2) is 5.78 Å². The highest BCUT2D eigenvalue weighted by Gasteiger charge is 2.46. The molecule has 15 heavy (non-hydrogen) atoms. The number of carbonyl (C=O) groups excluding carboxylic acids is 1. The molecule has 0 saturated heterocycles. The average molecular weight is 202 g/mol. The SMILES string of the molecule is C#C[C@@H]1CC[C@H]2C=CC(=O)[C@@H](C)[C@@]2(C)C1. The minimum atomic E-state index is 0.0983. The Morgan fingerprint density at radius 1 is 1.53 bits per heavy atom. The molecule has 2 rings (SSSR count). The Morgan fingerprint density at radius 2 is 2.27 bits per heavy atom. The molecule has 2 aliphatic rings. The van der Waals surface area contributed by atoms with Crippen LogP contribution in [0.15, 0.2) is 12.2 Å². The lowest BCUT2D eigenvalue weighted by Crippen LogP contribution is -2.43. The van der Waals surface area contributed by atoms with Crippen molar-refractivity contribution in [3.63, 3.8) is 0 Å². The molecule has 0 aromatic rings. The van der Waals surface area contributed by atoms with Crippen molar-refractivity contribution in [3.05, 3.63) is 12.2 Å². The lowest BCUT2D eigenvalue weighted by molar-refractivity contribution is -0.124. The van der Waals surface area contributed by atoms with Crippen molar-refractivity contribution in [3.8, 4) is 12.3 Å². The fraction of sp³-hybridized carbons (Fsp3) is 0.643. The number of terminal acetylenes is 1. The molecule has 0 amide bonds. The van der Waals surface area contributed by atoms with E-state index in [0.29, 0.717) is 11.8 Å². The van der Waals surface area contributed by atoms with Gasteiger partial charge in [0.1, 0.15) is 0 Å². The van der Waals surface area contributed by atoms with Crippen molar-refractivity contribution < 1.29 is 4.79 Å². The Kier molecular flexibility index (Phi) is 2.46. The van der Waals surface area contributed by atoms with Gasteiger partial charge in [0.2, 0.25) is 0 Å². The van der Waals surface area contributed by atoms with Crippen LogP contribution in [0.3, 0.4) is 0 Å². The van der Waals surface area contributed by atoms with Crippen molar-refractivity contribution in [2.24, 2.45) is 23.2 Å². The van der Waals surface area contributed by atoms with Crippen molar-refractivity contribution in [2.75, 3.05) is 0 Å². The molecule has 0 N–H and O–H groups in total. The molecule has 4 atom stereocenters. The summed E-state index contributed by atoms with van der Waals surface area (Å²) < 4.78 is 0. The normalized spacial score (nSPS) is 44.6. The van der Waals surface area contributed by atoms with E-state index in [4.69, 9.17) is 6.42 Å². The van der Waals surface area contributed by atoms with Gasteiger partial charge >= 0.3 is 0 Å². The van der Waals surface area contributed by atoms with Crippen LogP contribution in [-0.2, 0) is 4.79 Å². The zero-order valence-corrected chi connectivity index (χ0v) is 9.49. The molecule has 80 valence electrons. The summed E-state index contributed by atoms with van der Waals surface area (Å²) in [6, 6.07) is 0. The van der Waals surface area contributed by atoms with Crippen LogP contribution in [0.5, 0.6) is 0 Å². The zero-order valence-electron chi connectivity index (χ0n) is 9.49. The van der Waals surface area contributed by atoms with Crippen molar-refractivity contribution in [1.29, 1.82) is 0 Å². The molecule has 0 radical (unpaired) electrons. The summed E-state index contributed by atoms with van der Waals surface area (Å²) in [6.45, 7) is 4.28. The van der Waals surface area contributed by atoms with Gasteiger partial charge in [-0.3, -0.25) is 4.79 Å². The molecule has 1 nitrogen and oxygen atoms in total. The Morgan fingerprint density at radius 3 is 2.93 bits per heavy atom. The molecule has 0 spiro atoms. The Hall–Kier alpha value is -1.03. The summed E-state index contributed by atoms with van der Waals surface area (Å²) >= 11 is 0. The molecular formula is C14H18O. The molecular weight excluding hydrogens is 184 g/mol. The maximum Gasteiger partial charge on any atom is 0.158 e. The topological polar surface area (TPSA) is 17.1 Å². The van der Waals surface area contributed by atoms with E-state index in [2.05, 4.69) is 25.8 Å². The fourth-order valence-corrected chi connectivity index (χ4v) is 3.13. The summed E-state index contributed by atoms with van der Waals surface area (Å²) in [5.74, 6) is 4.18. The first-order valence-electron chi connectivity index (χ1n) is 5.76. The highest BCUT2D eigenvalue weighted by atomic mass is 16.1. The van der Waals surface area contributed by atoms with Crippen LogP contribution in [0.4, 0.5) is 0 Å². The minimum Gasteiger partial charge on any atom is -0.295 e. The molecule has 0 heterocycles. The number of allylic oxidation sites excluding steroid dienone is 2. The highest BCUT2D eigenvalue weighted by Crippen LogP contribution is 2.51. The zero-order chi connectivity index (χ0) is 11.1. The van der Waals surface area contributed by atoms with Crippen LogP contribution >= 0.6 is 0 Å². The Labute approximate surface area is 91.9 Å². The maximum absolute atomic E-state index is 11.7. The van der Waals surface area contributed by atoms with E-state index in [-0.39, 0.29) is 17.1 Å². The number of hydrogen-bond donors (Lipinski definition) is 0. The van der Waals surface area contributed by atoms with E-state index < -0.39 is 0 Å². The summed E-state index contributed by atoms with van der Waals surface area (Å²) in [6.07, 6.45) is 12.6. The standard InChI is InChI=1S/C14H18O/c1-4-11-5-6-12-7-8-13(15)10(2)14(12,3)9-11/h1,7-8,10-12H,5-6,9H2,2-3H3/t10-,11-,12+,14-/m1/s1. The van der Waals surface area contributed by atoms with Gasteiger partial charge in [-0.1, -0.05) is 19.9 Å². The molecule has 0 aromatic carbocycles. The molecule has 2 aliphatic carbocycles. The number of hydrogen-bond acceptors (Lipinski definition) is 1. The van der Waals surface area contributed by atoms with Gasteiger partial charge in [-0.2, -0.15) is 0 Å². The summed E-state index contributed by atoms with van der Waals surface area (Å²) in [5, 5.41) is 0. The number of fused-ring (bicyclic) bond motifs is 1. The summed E-state index contributed by atoms with van der Waals surface area (Å²) in [4.78, 5) is 11.7. The number of carbonyl (C=O) groups is 1. The molecule has 1 fully saturated rings. The molecule has 0 bridgehead atoms. The predicted octanol–water partition coefficient (Wildman–Crippen LogP) is 2.82. The second kappa shape index (κ2) is 3.52. The third kappa shape index (κ3) is 1.53. The fourth-order valence-electron chi connectivity index (χ4n) is 3.13. The van der Waals surface area contributed by atoms with E-state index in [1.807, 2.05) is 0 Å². The van der Waals surface area contributed by atoms with Crippen molar-refractivity contribution in [2.45, 2.75) is 33.1 Å². The van der Waals surface area contributed by atoms with E-state index in [1.54, 1.807) is 6.08 Å². The van der Waals surface area contributed by atoms with Crippen molar-refractivity contribution >= 4 is 5.78 Å². The van der Waals surface area contributed by atoms with Crippen LogP contribution in [-0.4, -0.2) is 5.78 Å². The van der Waals surface area contributed by atoms with E-state index in [0.717, 1.165) is 19.3 Å². The number of rotatable bonds is 0. The molecule has 0 unspecified atom stereocenters. The minimum absolute atomic E-state index is 0.0983. The third-order valence-electron chi connectivity index (χ3n) is 4.50. The van der Waals surface area contributed by atoms with Crippen LogP contribution in [0.2, 0.25) is 0 Å². The second-order valence-corrected chi connectivity index (χ2v) is 5.24. The van der Waals surface area contributed by atoms with E-state index >= 15 is 0 Å². The predicted molar refractivity (Wildman–Crippen MR) is 61.1 cm³/mol. The summed E-state index contributed by atoms with van der Waals surface area (Å²) in [5.41, 5.74) is 0.0983. The molecule has 1 heteroatoms. The monoisotopic (exact) mass is 202 g/mol. The van der Waals surface area contributed by atoms with Gasteiger partial charge in [0, 0.05) is 11.8 Å². The van der Waals surface area contributed by atoms with Crippen molar-refractivity contribution in [1.82, 2.24) is 0 Å². The average Bonchev–Trinajstić information content (AvgIpc) is 2.24. The first kappa shape index (κ1) is 10.5. The molecule has 1 saturated carbocycles. The third-order valence-corrected chi connectivity index (χ3v) is 4.50. The molecule has 0 aromatic heterocycles. The van der Waals surface area contributed by atoms with Crippen LogP contribution in [0.25, 0.3) is 0 Å². The Bertz CT molecular complexity index is 347. The Balaban J connectivity index is 2.31. The van der Waals surface area contributed by atoms with Gasteiger partial charge in [-0.05, 0) is 36.7 Å². The smallest absolute Gasteiger partial charge is 0.158 e. The quantitative estimate of drug-likeness (QED) is 0.552. The second-order valence-electron chi connectivity index (χ2n) is 5.24. The van der Waals surface area contributed by atoms with Gasteiger partial charge in [0.25, 0.3) is 0 Å². The lowest BCUT2D eigenvalue weighted by Gasteiger charge is -2.47. The first-order chi connectivity index (χ1) is 7.08. The van der Waals surface area contributed by atoms with Gasteiger partial charge < -0.3 is 0 Å². The van der Waals surface area contributed by atoms with E-state index in [9.17, 15) is 4.79 Å². The summed E-state index contributed by atoms with van der Waals surface area (Å²) in [7, 11) is 0. The van der Waals surface area contributed by atoms with Crippen LogP contribution in [0.1, 0.15) is 33.1 Å². The molecule has 0 aliphatic heterocycles. The van der Waals surface area contributed by atoms with Gasteiger partial charge in [-0.25, -0.2) is 0 Å². The van der Waals surface area contributed by atoms with Gasteiger partial charge in [-0.15, -0.1) is 12.3 Å². The highest BCUT2D eigenvalue weighted by molar-refractivity contribution is 5.93. The van der Waals surface area contributed by atoms with Crippen LogP contribution < -0.4 is 0 Å². The maximum atomic E-state index is 11.7. The largest absolute Gasteiger partial charge is 0.295 e. The van der Waals surface area contributed by atoms with E-state index in [1.165, 1.54) is 0 Å². The number of ketones is 1.